The number of carbonyl (C=O) groups is 2. The second-order valence-corrected chi connectivity index (χ2v) is 2.66. The Labute approximate surface area is 78.3 Å². The third-order valence-electron chi connectivity index (χ3n) is 1.08. The number of aromatic nitrogens is 1. The fraction of sp³-hybridized carbons (Fsp3) is 0.286. The SMILES string of the molecule is CCOC(=O)OC(=O)c1cscn1. The lowest BCUT2D eigenvalue weighted by Crippen LogP contribution is -2.13. The maximum Gasteiger partial charge on any atom is 0.516 e. The van der Waals surface area contributed by atoms with Crippen molar-refractivity contribution in [2.24, 2.45) is 0 Å². The highest BCUT2D eigenvalue weighted by Gasteiger charge is 2.14. The average molecular weight is 201 g/mol. The number of carbonyl (C=O) groups excluding carboxylic acids is 2. The Kier molecular flexibility index (Phi) is 3.39. The third kappa shape index (κ3) is 2.83. The number of ether oxygens (including phenoxy) is 2. The van der Waals surface area contributed by atoms with Crippen molar-refractivity contribution >= 4 is 23.5 Å². The molecule has 1 rings (SSSR count). The Morgan fingerprint density at radius 1 is 1.62 bits per heavy atom. The van der Waals surface area contributed by atoms with Crippen molar-refractivity contribution in [3.05, 3.63) is 16.6 Å². The molecule has 0 aliphatic rings. The van der Waals surface area contributed by atoms with Crippen molar-refractivity contribution in [3.63, 3.8) is 0 Å². The first-order valence-electron chi connectivity index (χ1n) is 3.51. The van der Waals surface area contributed by atoms with Gasteiger partial charge in [-0.05, 0) is 6.92 Å². The smallest absolute Gasteiger partial charge is 0.434 e. The van der Waals surface area contributed by atoms with Crippen LogP contribution < -0.4 is 0 Å². The van der Waals surface area contributed by atoms with Crippen LogP contribution >= 0.6 is 11.3 Å². The van der Waals surface area contributed by atoms with Crippen LogP contribution in [0.1, 0.15) is 17.4 Å². The van der Waals surface area contributed by atoms with Crippen LogP contribution in [0.3, 0.4) is 0 Å². The number of thiazole rings is 1. The summed E-state index contributed by atoms with van der Waals surface area (Å²) in [5, 5.41) is 1.49. The fourth-order valence-corrected chi connectivity index (χ4v) is 1.11. The molecule has 0 aliphatic heterocycles. The number of rotatable bonds is 2. The molecule has 1 heterocycles. The molecule has 70 valence electrons. The van der Waals surface area contributed by atoms with Gasteiger partial charge >= 0.3 is 12.1 Å². The van der Waals surface area contributed by atoms with E-state index in [1.807, 2.05) is 0 Å². The van der Waals surface area contributed by atoms with Gasteiger partial charge in [0.25, 0.3) is 0 Å². The zero-order valence-electron chi connectivity index (χ0n) is 6.85. The minimum Gasteiger partial charge on any atom is -0.434 e. The number of hydrogen-bond acceptors (Lipinski definition) is 6. The molecule has 0 spiro atoms. The standard InChI is InChI=1S/C7H7NO4S/c1-2-11-7(10)12-6(9)5-3-13-4-8-5/h3-4H,2H2,1H3. The van der Waals surface area contributed by atoms with Crippen LogP contribution in [-0.4, -0.2) is 23.7 Å². The normalized spacial score (nSPS) is 9.31. The van der Waals surface area contributed by atoms with Crippen molar-refractivity contribution in [1.29, 1.82) is 0 Å². The van der Waals surface area contributed by atoms with Gasteiger partial charge in [0.15, 0.2) is 5.69 Å². The maximum absolute atomic E-state index is 11.0. The van der Waals surface area contributed by atoms with Gasteiger partial charge in [-0.2, -0.15) is 0 Å². The summed E-state index contributed by atoms with van der Waals surface area (Å²) in [6.45, 7) is 1.79. The zero-order valence-corrected chi connectivity index (χ0v) is 7.67. The molecule has 0 N–H and O–H groups in total. The Hall–Kier alpha value is -1.43. The molecule has 0 aliphatic carbocycles. The second-order valence-electron chi connectivity index (χ2n) is 1.95. The van der Waals surface area contributed by atoms with Crippen LogP contribution in [0.5, 0.6) is 0 Å². The van der Waals surface area contributed by atoms with E-state index in [2.05, 4.69) is 14.5 Å². The molecule has 0 amide bonds. The van der Waals surface area contributed by atoms with Gasteiger partial charge in [0, 0.05) is 5.38 Å². The minimum atomic E-state index is -1.000. The lowest BCUT2D eigenvalue weighted by molar-refractivity contribution is 0.0397. The van der Waals surface area contributed by atoms with E-state index in [0.29, 0.717) is 0 Å². The Morgan fingerprint density at radius 2 is 2.38 bits per heavy atom. The first kappa shape index (κ1) is 9.66. The molecule has 0 bridgehead atoms. The van der Waals surface area contributed by atoms with E-state index >= 15 is 0 Å². The molecule has 6 heteroatoms. The van der Waals surface area contributed by atoms with E-state index in [0.717, 1.165) is 0 Å². The van der Waals surface area contributed by atoms with Gasteiger partial charge in [0.1, 0.15) is 0 Å². The van der Waals surface area contributed by atoms with E-state index in [1.165, 1.54) is 22.2 Å². The first-order valence-corrected chi connectivity index (χ1v) is 4.45. The summed E-state index contributed by atoms with van der Waals surface area (Å²) >= 11 is 1.24. The maximum atomic E-state index is 11.0. The Balaban J connectivity index is 2.47. The molecule has 0 aromatic carbocycles. The lowest BCUT2D eigenvalue weighted by atomic mass is 10.5. The summed E-state index contributed by atoms with van der Waals surface area (Å²) in [6.07, 6.45) is -1.000. The molecule has 1 aromatic rings. The molecule has 0 unspecified atom stereocenters. The van der Waals surface area contributed by atoms with Gasteiger partial charge in [0.2, 0.25) is 0 Å². The fourth-order valence-electron chi connectivity index (χ4n) is 0.589. The molecular formula is C7H7NO4S. The van der Waals surface area contributed by atoms with Gasteiger partial charge in [-0.3, -0.25) is 0 Å². The van der Waals surface area contributed by atoms with Crippen molar-refractivity contribution < 1.29 is 19.1 Å². The quantitative estimate of drug-likeness (QED) is 0.535. The van der Waals surface area contributed by atoms with Gasteiger partial charge < -0.3 is 9.47 Å². The Morgan fingerprint density at radius 3 is 2.92 bits per heavy atom. The molecule has 0 radical (unpaired) electrons. The van der Waals surface area contributed by atoms with Crippen LogP contribution in [0.2, 0.25) is 0 Å². The summed E-state index contributed by atoms with van der Waals surface area (Å²) in [5.41, 5.74) is 1.58. The van der Waals surface area contributed by atoms with E-state index in [4.69, 9.17) is 0 Å². The van der Waals surface area contributed by atoms with Gasteiger partial charge in [-0.1, -0.05) is 0 Å². The summed E-state index contributed by atoms with van der Waals surface area (Å²) in [7, 11) is 0. The first-order chi connectivity index (χ1) is 6.24. The molecule has 0 atom stereocenters. The van der Waals surface area contributed by atoms with Crippen molar-refractivity contribution in [1.82, 2.24) is 4.98 Å². The van der Waals surface area contributed by atoms with Crippen LogP contribution in [0, 0.1) is 0 Å². The minimum absolute atomic E-state index is 0.109. The van der Waals surface area contributed by atoms with Crippen molar-refractivity contribution in [3.8, 4) is 0 Å². The molecular weight excluding hydrogens is 194 g/mol. The molecule has 0 saturated heterocycles. The predicted molar refractivity (Wildman–Crippen MR) is 44.6 cm³/mol. The predicted octanol–water partition coefficient (Wildman–Crippen LogP) is 1.46. The molecule has 13 heavy (non-hydrogen) atoms. The lowest BCUT2D eigenvalue weighted by Gasteiger charge is -1.99. The number of nitrogens with zero attached hydrogens (tertiary/aromatic N) is 1. The highest BCUT2D eigenvalue weighted by molar-refractivity contribution is 7.07. The number of esters is 1. The average Bonchev–Trinajstić information content (AvgIpc) is 2.55. The summed E-state index contributed by atoms with van der Waals surface area (Å²) < 4.78 is 8.68. The van der Waals surface area contributed by atoms with E-state index in [9.17, 15) is 9.59 Å². The van der Waals surface area contributed by atoms with Crippen molar-refractivity contribution in [2.45, 2.75) is 6.92 Å². The van der Waals surface area contributed by atoms with Crippen LogP contribution in [-0.2, 0) is 9.47 Å². The van der Waals surface area contributed by atoms with Gasteiger partial charge in [-0.25, -0.2) is 14.6 Å². The molecule has 5 nitrogen and oxygen atoms in total. The highest BCUT2D eigenvalue weighted by Crippen LogP contribution is 2.03. The summed E-state index contributed by atoms with van der Waals surface area (Å²) in [5.74, 6) is -0.792. The van der Waals surface area contributed by atoms with Crippen molar-refractivity contribution in [2.75, 3.05) is 6.61 Å². The summed E-state index contributed by atoms with van der Waals surface area (Å²) in [4.78, 5) is 25.3. The molecule has 1 aromatic heterocycles. The third-order valence-corrected chi connectivity index (χ3v) is 1.67. The molecule has 0 saturated carbocycles. The van der Waals surface area contributed by atoms with Crippen LogP contribution in [0.4, 0.5) is 4.79 Å². The van der Waals surface area contributed by atoms with E-state index < -0.39 is 12.1 Å². The monoisotopic (exact) mass is 201 g/mol. The van der Waals surface area contributed by atoms with Gasteiger partial charge in [-0.15, -0.1) is 11.3 Å². The largest absolute Gasteiger partial charge is 0.516 e. The second kappa shape index (κ2) is 4.56. The number of hydrogen-bond donors (Lipinski definition) is 0. The van der Waals surface area contributed by atoms with Gasteiger partial charge in [0.05, 0.1) is 12.1 Å². The Bertz CT molecular complexity index is 295. The van der Waals surface area contributed by atoms with E-state index in [1.54, 1.807) is 6.92 Å². The highest BCUT2D eigenvalue weighted by atomic mass is 32.1. The summed E-state index contributed by atoms with van der Waals surface area (Å²) in [6, 6.07) is 0. The van der Waals surface area contributed by atoms with Crippen LogP contribution in [0.25, 0.3) is 0 Å². The van der Waals surface area contributed by atoms with Crippen LogP contribution in [0.15, 0.2) is 10.9 Å². The topological polar surface area (TPSA) is 65.5 Å². The molecule has 0 fully saturated rings. The zero-order chi connectivity index (χ0) is 9.68. The van der Waals surface area contributed by atoms with E-state index in [-0.39, 0.29) is 12.3 Å².